The van der Waals surface area contributed by atoms with Gasteiger partial charge in [0.1, 0.15) is 11.9 Å². The summed E-state index contributed by atoms with van der Waals surface area (Å²) in [6, 6.07) is 11.4. The van der Waals surface area contributed by atoms with E-state index >= 15 is 0 Å². The van der Waals surface area contributed by atoms with E-state index in [0.29, 0.717) is 18.3 Å². The lowest BCUT2D eigenvalue weighted by molar-refractivity contribution is 0.0847. The quantitative estimate of drug-likeness (QED) is 0.887. The number of aromatic amines is 1. The van der Waals surface area contributed by atoms with Gasteiger partial charge in [-0.25, -0.2) is 4.98 Å². The van der Waals surface area contributed by atoms with Crippen LogP contribution < -0.4 is 5.56 Å². The third-order valence-electron chi connectivity index (χ3n) is 3.11. The van der Waals surface area contributed by atoms with Crippen LogP contribution >= 0.6 is 0 Å². The van der Waals surface area contributed by atoms with Gasteiger partial charge in [-0.05, 0) is 24.8 Å². The molecular formula is C17H22N2O2. The van der Waals surface area contributed by atoms with Crippen LogP contribution in [-0.2, 0) is 11.2 Å². The topological polar surface area (TPSA) is 55.0 Å². The number of H-pyrrole nitrogens is 1. The molecule has 2 aromatic rings. The number of ether oxygens (including phenoxy) is 1. The Hall–Kier alpha value is -1.94. The first-order chi connectivity index (χ1) is 10.1. The molecule has 1 heterocycles. The summed E-state index contributed by atoms with van der Waals surface area (Å²) < 4.78 is 5.80. The molecule has 1 N–H and O–H groups in total. The summed E-state index contributed by atoms with van der Waals surface area (Å²) in [5.41, 5.74) is 1.67. The molecule has 4 nitrogen and oxygen atoms in total. The van der Waals surface area contributed by atoms with Gasteiger partial charge in [0, 0.05) is 18.4 Å². The summed E-state index contributed by atoms with van der Waals surface area (Å²) in [6.07, 6.45) is 0.445. The lowest BCUT2D eigenvalue weighted by atomic mass is 10.1. The number of nitrogens with one attached hydrogen (secondary N) is 1. The van der Waals surface area contributed by atoms with E-state index in [1.807, 2.05) is 37.3 Å². The highest BCUT2D eigenvalue weighted by Gasteiger charge is 2.17. The Bertz CT molecular complexity index is 620. The highest BCUT2D eigenvalue weighted by Crippen LogP contribution is 2.22. The zero-order valence-corrected chi connectivity index (χ0v) is 12.8. The molecule has 1 aromatic heterocycles. The summed E-state index contributed by atoms with van der Waals surface area (Å²) in [6.45, 7) is 6.71. The first-order valence-electron chi connectivity index (χ1n) is 7.36. The van der Waals surface area contributed by atoms with Crippen molar-refractivity contribution in [3.05, 3.63) is 63.8 Å². The van der Waals surface area contributed by atoms with Gasteiger partial charge in [0.25, 0.3) is 5.56 Å². The van der Waals surface area contributed by atoms with E-state index in [-0.39, 0.29) is 11.7 Å². The van der Waals surface area contributed by atoms with Gasteiger partial charge in [0.15, 0.2) is 0 Å². The molecule has 1 aromatic carbocycles. The van der Waals surface area contributed by atoms with E-state index in [4.69, 9.17) is 4.74 Å². The van der Waals surface area contributed by atoms with E-state index < -0.39 is 0 Å². The maximum Gasteiger partial charge on any atom is 0.251 e. The van der Waals surface area contributed by atoms with E-state index in [1.54, 1.807) is 6.07 Å². The lowest BCUT2D eigenvalue weighted by Gasteiger charge is -2.17. The largest absolute Gasteiger partial charge is 0.366 e. The summed E-state index contributed by atoms with van der Waals surface area (Å²) in [7, 11) is 0. The third kappa shape index (κ3) is 4.26. The van der Waals surface area contributed by atoms with Gasteiger partial charge in [-0.2, -0.15) is 0 Å². The first-order valence-corrected chi connectivity index (χ1v) is 7.36. The summed E-state index contributed by atoms with van der Waals surface area (Å²) >= 11 is 0. The van der Waals surface area contributed by atoms with Crippen LogP contribution in [0.4, 0.5) is 0 Å². The number of benzene rings is 1. The minimum atomic E-state index is -0.337. The first kappa shape index (κ1) is 15.4. The molecule has 0 radical (unpaired) electrons. The monoisotopic (exact) mass is 286 g/mol. The van der Waals surface area contributed by atoms with Crippen molar-refractivity contribution in [3.8, 4) is 0 Å². The van der Waals surface area contributed by atoms with Crippen molar-refractivity contribution in [3.63, 3.8) is 0 Å². The van der Waals surface area contributed by atoms with Crippen LogP contribution in [0.3, 0.4) is 0 Å². The minimum absolute atomic E-state index is 0.128. The predicted molar refractivity (Wildman–Crippen MR) is 83.3 cm³/mol. The number of rotatable bonds is 6. The lowest BCUT2D eigenvalue weighted by Crippen LogP contribution is -2.19. The highest BCUT2D eigenvalue weighted by molar-refractivity contribution is 5.23. The maximum atomic E-state index is 11.9. The number of hydrogen-bond donors (Lipinski definition) is 1. The van der Waals surface area contributed by atoms with Crippen molar-refractivity contribution >= 4 is 0 Å². The molecule has 0 amide bonds. The van der Waals surface area contributed by atoms with E-state index in [1.165, 1.54) is 0 Å². The Morgan fingerprint density at radius 1 is 1.24 bits per heavy atom. The molecule has 0 aliphatic rings. The zero-order valence-electron chi connectivity index (χ0n) is 12.8. The normalized spacial score (nSPS) is 12.6. The van der Waals surface area contributed by atoms with Crippen molar-refractivity contribution in [2.75, 3.05) is 6.61 Å². The molecular weight excluding hydrogens is 264 g/mol. The van der Waals surface area contributed by atoms with E-state index in [2.05, 4.69) is 23.8 Å². The molecule has 2 rings (SSSR count). The van der Waals surface area contributed by atoms with Gasteiger partial charge < -0.3 is 9.72 Å². The van der Waals surface area contributed by atoms with Crippen LogP contribution in [-0.4, -0.2) is 16.6 Å². The Kier molecular flexibility index (Phi) is 5.28. The Balaban J connectivity index is 2.40. The molecule has 1 atom stereocenters. The molecule has 0 spiro atoms. The van der Waals surface area contributed by atoms with Crippen LogP contribution in [0.1, 0.15) is 44.0 Å². The number of nitrogens with zero attached hydrogens (tertiary/aromatic N) is 1. The van der Waals surface area contributed by atoms with E-state index in [0.717, 1.165) is 17.7 Å². The molecule has 4 heteroatoms. The number of aromatic nitrogens is 2. The molecule has 0 fully saturated rings. The van der Waals surface area contributed by atoms with Gasteiger partial charge in [0.2, 0.25) is 0 Å². The SMILES string of the molecule is CCOC(c1ccccc1)c1nc(CC(C)C)cc(=O)[nH]1. The average Bonchev–Trinajstić information content (AvgIpc) is 2.44. The van der Waals surface area contributed by atoms with Crippen molar-refractivity contribution in [1.29, 1.82) is 0 Å². The summed E-state index contributed by atoms with van der Waals surface area (Å²) in [5.74, 6) is 1.03. The minimum Gasteiger partial charge on any atom is -0.366 e. The van der Waals surface area contributed by atoms with Crippen molar-refractivity contribution in [2.45, 2.75) is 33.3 Å². The van der Waals surface area contributed by atoms with Crippen LogP contribution in [0, 0.1) is 5.92 Å². The van der Waals surface area contributed by atoms with Crippen molar-refractivity contribution < 1.29 is 4.74 Å². The van der Waals surface area contributed by atoms with Gasteiger partial charge in [-0.1, -0.05) is 44.2 Å². The summed E-state index contributed by atoms with van der Waals surface area (Å²) in [4.78, 5) is 19.3. The second kappa shape index (κ2) is 7.18. The van der Waals surface area contributed by atoms with Crippen LogP contribution in [0.25, 0.3) is 0 Å². The van der Waals surface area contributed by atoms with Gasteiger partial charge in [-0.3, -0.25) is 4.79 Å². The van der Waals surface area contributed by atoms with Gasteiger partial charge in [-0.15, -0.1) is 0 Å². The summed E-state index contributed by atoms with van der Waals surface area (Å²) in [5, 5.41) is 0. The molecule has 0 saturated carbocycles. The molecule has 0 aliphatic carbocycles. The molecule has 1 unspecified atom stereocenters. The van der Waals surface area contributed by atoms with E-state index in [9.17, 15) is 4.79 Å². The molecule has 0 bridgehead atoms. The Morgan fingerprint density at radius 2 is 1.95 bits per heavy atom. The Labute approximate surface area is 125 Å². The standard InChI is InChI=1S/C17H22N2O2/c1-4-21-16(13-8-6-5-7-9-13)17-18-14(10-12(2)3)11-15(20)19-17/h5-9,11-12,16H,4,10H2,1-3H3,(H,18,19,20). The second-order valence-corrected chi connectivity index (χ2v) is 5.47. The van der Waals surface area contributed by atoms with Crippen LogP contribution in [0.15, 0.2) is 41.2 Å². The number of hydrogen-bond acceptors (Lipinski definition) is 3. The molecule has 0 saturated heterocycles. The smallest absolute Gasteiger partial charge is 0.251 e. The van der Waals surface area contributed by atoms with Crippen molar-refractivity contribution in [2.24, 2.45) is 5.92 Å². The van der Waals surface area contributed by atoms with Gasteiger partial charge in [0.05, 0.1) is 0 Å². The third-order valence-corrected chi connectivity index (χ3v) is 3.11. The zero-order chi connectivity index (χ0) is 15.2. The fourth-order valence-corrected chi connectivity index (χ4v) is 2.30. The van der Waals surface area contributed by atoms with Crippen molar-refractivity contribution in [1.82, 2.24) is 9.97 Å². The molecule has 21 heavy (non-hydrogen) atoms. The fourth-order valence-electron chi connectivity index (χ4n) is 2.30. The predicted octanol–water partition coefficient (Wildman–Crippen LogP) is 3.09. The second-order valence-electron chi connectivity index (χ2n) is 5.47. The van der Waals surface area contributed by atoms with Crippen LogP contribution in [0.5, 0.6) is 0 Å². The molecule has 0 aliphatic heterocycles. The van der Waals surface area contributed by atoms with Crippen LogP contribution in [0.2, 0.25) is 0 Å². The van der Waals surface area contributed by atoms with Gasteiger partial charge >= 0.3 is 0 Å². The molecule has 112 valence electrons. The Morgan fingerprint density at radius 3 is 2.57 bits per heavy atom. The maximum absolute atomic E-state index is 11.9. The fraction of sp³-hybridized carbons (Fsp3) is 0.412. The average molecular weight is 286 g/mol. The highest BCUT2D eigenvalue weighted by atomic mass is 16.5.